The van der Waals surface area contributed by atoms with Crippen molar-refractivity contribution >= 4 is 0 Å². The van der Waals surface area contributed by atoms with Gasteiger partial charge in [0.1, 0.15) is 11.6 Å². The van der Waals surface area contributed by atoms with Gasteiger partial charge in [-0.15, -0.1) is 13.2 Å². The molecule has 0 spiro atoms. The Hall–Kier alpha value is -2.31. The molecule has 0 saturated carbocycles. The molecule has 0 atom stereocenters. The molecule has 2 rings (SSSR count). The normalized spacial score (nSPS) is 11.2. The Kier molecular flexibility index (Phi) is 3.78. The molecule has 0 amide bonds. The molecule has 1 aromatic carbocycles. The number of ether oxygens (including phenoxy) is 2. The number of para-hydroxylation sites is 1. The van der Waals surface area contributed by atoms with E-state index < -0.39 is 17.9 Å². The van der Waals surface area contributed by atoms with Crippen molar-refractivity contribution in [2.45, 2.75) is 6.36 Å². The summed E-state index contributed by atoms with van der Waals surface area (Å²) in [5.41, 5.74) is -0.125. The van der Waals surface area contributed by atoms with Crippen LogP contribution in [0.2, 0.25) is 0 Å². The zero-order chi connectivity index (χ0) is 14.8. The summed E-state index contributed by atoms with van der Waals surface area (Å²) < 4.78 is 59.5. The summed E-state index contributed by atoms with van der Waals surface area (Å²) in [6.45, 7) is 0. The van der Waals surface area contributed by atoms with Crippen LogP contribution in [0.15, 0.2) is 36.5 Å². The lowest BCUT2D eigenvalue weighted by Crippen LogP contribution is -2.17. The van der Waals surface area contributed by atoms with Crippen molar-refractivity contribution in [2.24, 2.45) is 0 Å². The number of aromatic nitrogens is 1. The number of methoxy groups -OCH3 is 1. The van der Waals surface area contributed by atoms with Gasteiger partial charge in [-0.2, -0.15) is 0 Å². The lowest BCUT2D eigenvalue weighted by molar-refractivity contribution is -0.274. The largest absolute Gasteiger partial charge is 0.573 e. The SMILES string of the molecule is COc1cc(-c2ccccc2OC(F)(F)F)c(F)cn1. The minimum atomic E-state index is -4.86. The molecule has 2 aromatic rings. The number of benzene rings is 1. The molecule has 1 heterocycles. The van der Waals surface area contributed by atoms with E-state index in [1.807, 2.05) is 0 Å². The van der Waals surface area contributed by atoms with E-state index in [4.69, 9.17) is 4.74 Å². The van der Waals surface area contributed by atoms with Crippen molar-refractivity contribution in [1.82, 2.24) is 4.98 Å². The first kappa shape index (κ1) is 14.1. The maximum atomic E-state index is 13.7. The third-order valence-electron chi connectivity index (χ3n) is 2.44. The quantitative estimate of drug-likeness (QED) is 0.805. The number of alkyl halides is 3. The lowest BCUT2D eigenvalue weighted by Gasteiger charge is -2.14. The van der Waals surface area contributed by atoms with Crippen LogP contribution in [-0.4, -0.2) is 18.5 Å². The Balaban J connectivity index is 2.52. The van der Waals surface area contributed by atoms with Gasteiger partial charge in [0.25, 0.3) is 0 Å². The van der Waals surface area contributed by atoms with Gasteiger partial charge in [0.05, 0.1) is 13.3 Å². The summed E-state index contributed by atoms with van der Waals surface area (Å²) in [5, 5.41) is 0. The van der Waals surface area contributed by atoms with E-state index in [0.29, 0.717) is 0 Å². The molecule has 0 N–H and O–H groups in total. The highest BCUT2D eigenvalue weighted by atomic mass is 19.4. The number of hydrogen-bond donors (Lipinski definition) is 0. The minimum Gasteiger partial charge on any atom is -0.481 e. The van der Waals surface area contributed by atoms with Crippen LogP contribution in [0.25, 0.3) is 11.1 Å². The molecule has 0 saturated heterocycles. The zero-order valence-corrected chi connectivity index (χ0v) is 10.2. The van der Waals surface area contributed by atoms with Gasteiger partial charge in [0, 0.05) is 17.2 Å². The van der Waals surface area contributed by atoms with Gasteiger partial charge in [-0.1, -0.05) is 18.2 Å². The first-order valence-corrected chi connectivity index (χ1v) is 5.45. The maximum absolute atomic E-state index is 13.7. The van der Waals surface area contributed by atoms with Crippen LogP contribution in [0.5, 0.6) is 11.6 Å². The fourth-order valence-electron chi connectivity index (χ4n) is 1.64. The third-order valence-corrected chi connectivity index (χ3v) is 2.44. The predicted molar refractivity (Wildman–Crippen MR) is 62.9 cm³/mol. The predicted octanol–water partition coefficient (Wildman–Crippen LogP) is 3.79. The third kappa shape index (κ3) is 3.17. The smallest absolute Gasteiger partial charge is 0.481 e. The summed E-state index contributed by atoms with van der Waals surface area (Å²) in [4.78, 5) is 3.63. The molecule has 0 aliphatic heterocycles. The number of halogens is 4. The Morgan fingerprint density at radius 3 is 2.45 bits per heavy atom. The molecular formula is C13H9F4NO2. The molecule has 0 aliphatic rings. The second-order valence-electron chi connectivity index (χ2n) is 3.75. The van der Waals surface area contributed by atoms with Crippen molar-refractivity contribution in [3.63, 3.8) is 0 Å². The van der Waals surface area contributed by atoms with Gasteiger partial charge >= 0.3 is 6.36 Å². The van der Waals surface area contributed by atoms with E-state index in [-0.39, 0.29) is 17.0 Å². The van der Waals surface area contributed by atoms with E-state index in [1.54, 1.807) is 0 Å². The molecule has 7 heteroatoms. The van der Waals surface area contributed by atoms with Crippen molar-refractivity contribution in [2.75, 3.05) is 7.11 Å². The highest BCUT2D eigenvalue weighted by molar-refractivity contribution is 5.71. The molecule has 0 bridgehead atoms. The number of hydrogen-bond acceptors (Lipinski definition) is 3. The molecule has 106 valence electrons. The highest BCUT2D eigenvalue weighted by Crippen LogP contribution is 2.35. The average Bonchev–Trinajstić information content (AvgIpc) is 2.38. The first-order chi connectivity index (χ1) is 9.40. The van der Waals surface area contributed by atoms with Gasteiger partial charge in [-0.25, -0.2) is 9.37 Å². The van der Waals surface area contributed by atoms with Crippen LogP contribution < -0.4 is 9.47 Å². The average molecular weight is 287 g/mol. The van der Waals surface area contributed by atoms with Crippen LogP contribution in [0.1, 0.15) is 0 Å². The van der Waals surface area contributed by atoms with Crippen LogP contribution >= 0.6 is 0 Å². The molecule has 1 aromatic heterocycles. The Bertz CT molecular complexity index is 614. The van der Waals surface area contributed by atoms with Crippen LogP contribution in [0, 0.1) is 5.82 Å². The maximum Gasteiger partial charge on any atom is 0.573 e. The van der Waals surface area contributed by atoms with Crippen molar-refractivity contribution in [3.05, 3.63) is 42.3 Å². The summed E-state index contributed by atoms with van der Waals surface area (Å²) in [5.74, 6) is -1.18. The molecule has 0 unspecified atom stereocenters. The van der Waals surface area contributed by atoms with Gasteiger partial charge in [-0.3, -0.25) is 0 Å². The topological polar surface area (TPSA) is 31.4 Å². The van der Waals surface area contributed by atoms with Crippen LogP contribution in [0.4, 0.5) is 17.6 Å². The van der Waals surface area contributed by atoms with Gasteiger partial charge in [0.15, 0.2) is 0 Å². The molecule has 20 heavy (non-hydrogen) atoms. The van der Waals surface area contributed by atoms with Crippen LogP contribution in [-0.2, 0) is 0 Å². The Morgan fingerprint density at radius 2 is 1.80 bits per heavy atom. The molecule has 0 aliphatic carbocycles. The molecule has 0 radical (unpaired) electrons. The summed E-state index contributed by atoms with van der Waals surface area (Å²) in [7, 11) is 1.32. The van der Waals surface area contributed by atoms with E-state index in [9.17, 15) is 17.6 Å². The van der Waals surface area contributed by atoms with E-state index in [2.05, 4.69) is 9.72 Å². The second kappa shape index (κ2) is 5.36. The van der Waals surface area contributed by atoms with Crippen molar-refractivity contribution < 1.29 is 27.0 Å². The Morgan fingerprint density at radius 1 is 1.10 bits per heavy atom. The van der Waals surface area contributed by atoms with Crippen molar-refractivity contribution in [3.8, 4) is 22.8 Å². The summed E-state index contributed by atoms with van der Waals surface area (Å²) in [6.07, 6.45) is -3.98. The lowest BCUT2D eigenvalue weighted by atomic mass is 10.1. The number of rotatable bonds is 3. The Labute approximate surface area is 111 Å². The second-order valence-corrected chi connectivity index (χ2v) is 3.75. The fourth-order valence-corrected chi connectivity index (χ4v) is 1.64. The van der Waals surface area contributed by atoms with Crippen LogP contribution in [0.3, 0.4) is 0 Å². The minimum absolute atomic E-state index is 0.0389. The standard InChI is InChI=1S/C13H9F4NO2/c1-19-12-6-9(10(14)7-18-12)8-4-2-3-5-11(8)20-13(15,16)17/h2-7H,1H3. The monoisotopic (exact) mass is 287 g/mol. The van der Waals surface area contributed by atoms with Gasteiger partial charge in [0.2, 0.25) is 5.88 Å². The zero-order valence-electron chi connectivity index (χ0n) is 10.2. The number of nitrogens with zero attached hydrogens (tertiary/aromatic N) is 1. The summed E-state index contributed by atoms with van der Waals surface area (Å²) in [6, 6.07) is 6.47. The highest BCUT2D eigenvalue weighted by Gasteiger charge is 2.32. The van der Waals surface area contributed by atoms with E-state index >= 15 is 0 Å². The molecule has 0 fully saturated rings. The molecule has 3 nitrogen and oxygen atoms in total. The molecular weight excluding hydrogens is 278 g/mol. The first-order valence-electron chi connectivity index (χ1n) is 5.45. The number of pyridine rings is 1. The van der Waals surface area contributed by atoms with E-state index in [0.717, 1.165) is 12.3 Å². The van der Waals surface area contributed by atoms with Crippen molar-refractivity contribution in [1.29, 1.82) is 0 Å². The summed E-state index contributed by atoms with van der Waals surface area (Å²) >= 11 is 0. The van der Waals surface area contributed by atoms with Gasteiger partial charge in [-0.05, 0) is 6.07 Å². The van der Waals surface area contributed by atoms with Gasteiger partial charge < -0.3 is 9.47 Å². The fraction of sp³-hybridized carbons (Fsp3) is 0.154. The van der Waals surface area contributed by atoms with E-state index in [1.165, 1.54) is 31.4 Å².